The molecular weight excluding hydrogens is 428 g/mol. The zero-order valence-electron chi connectivity index (χ0n) is 17.6. The summed E-state index contributed by atoms with van der Waals surface area (Å²) in [5.41, 5.74) is 0.622. The Kier molecular flexibility index (Phi) is 5.76. The van der Waals surface area contributed by atoms with Crippen LogP contribution in [-0.2, 0) is 19.7 Å². The van der Waals surface area contributed by atoms with Crippen LogP contribution in [0.4, 0.5) is 0 Å². The van der Waals surface area contributed by atoms with Crippen molar-refractivity contribution in [1.29, 1.82) is 0 Å². The third-order valence-corrected chi connectivity index (χ3v) is 6.05. The highest BCUT2D eigenvalue weighted by atomic mass is 35.5. The van der Waals surface area contributed by atoms with E-state index in [1.807, 2.05) is 36.4 Å². The summed E-state index contributed by atoms with van der Waals surface area (Å²) in [6.07, 6.45) is 0. The van der Waals surface area contributed by atoms with E-state index in [2.05, 4.69) is 6.58 Å². The number of esters is 2. The number of carbonyl (C=O) groups is 2. The Hall–Kier alpha value is -3.57. The highest BCUT2D eigenvalue weighted by Crippen LogP contribution is 2.57. The molecule has 2 atom stereocenters. The molecule has 5 nitrogen and oxygen atoms in total. The van der Waals surface area contributed by atoms with Gasteiger partial charge in [0.05, 0.1) is 14.2 Å². The minimum atomic E-state index is -1.40. The summed E-state index contributed by atoms with van der Waals surface area (Å²) in [4.78, 5) is 26.6. The summed E-state index contributed by atoms with van der Waals surface area (Å²) in [6, 6.07) is 21.5. The molecule has 0 radical (unpaired) electrons. The molecule has 3 aromatic carbocycles. The van der Waals surface area contributed by atoms with Crippen LogP contribution in [0.1, 0.15) is 22.6 Å². The summed E-state index contributed by atoms with van der Waals surface area (Å²) in [6.45, 7) is 4.04. The van der Waals surface area contributed by atoms with Crippen molar-refractivity contribution in [3.05, 3.63) is 107 Å². The van der Waals surface area contributed by atoms with Crippen LogP contribution in [0.3, 0.4) is 0 Å². The van der Waals surface area contributed by atoms with Crippen molar-refractivity contribution in [2.24, 2.45) is 0 Å². The van der Waals surface area contributed by atoms with E-state index >= 15 is 0 Å². The van der Waals surface area contributed by atoms with Crippen LogP contribution < -0.4 is 9.47 Å². The van der Waals surface area contributed by atoms with Crippen molar-refractivity contribution >= 4 is 23.5 Å². The Morgan fingerprint density at radius 1 is 1.00 bits per heavy atom. The Morgan fingerprint density at radius 3 is 2.31 bits per heavy atom. The smallest absolute Gasteiger partial charge is 0.333 e. The fourth-order valence-electron chi connectivity index (χ4n) is 4.41. The Balaban J connectivity index is 2.10. The second kappa shape index (κ2) is 8.52. The van der Waals surface area contributed by atoms with Crippen LogP contribution in [-0.4, -0.2) is 26.2 Å². The number of rotatable bonds is 6. The van der Waals surface area contributed by atoms with Gasteiger partial charge in [-0.15, -0.1) is 0 Å². The summed E-state index contributed by atoms with van der Waals surface area (Å²) < 4.78 is 16.3. The molecule has 3 aromatic rings. The normalized spacial score (nSPS) is 17.8. The van der Waals surface area contributed by atoms with Crippen LogP contribution in [0.2, 0.25) is 5.02 Å². The molecule has 162 valence electrons. The van der Waals surface area contributed by atoms with E-state index in [9.17, 15) is 9.59 Å². The Bertz CT molecular complexity index is 1190. The molecule has 1 heterocycles. The molecule has 6 heteroatoms. The van der Waals surface area contributed by atoms with Gasteiger partial charge in [0.1, 0.15) is 5.41 Å². The number of benzene rings is 3. The van der Waals surface area contributed by atoms with E-state index < -0.39 is 23.3 Å². The topological polar surface area (TPSA) is 61.8 Å². The first-order valence-electron chi connectivity index (χ1n) is 9.93. The predicted molar refractivity (Wildman–Crippen MR) is 121 cm³/mol. The molecule has 0 unspecified atom stereocenters. The SMILES string of the molecule is C=C(C(=O)OC)[C@@H](c1ccc(Cl)cc1)[C@@]1(c2ccccc2)C(=O)Oc2c(OC)cccc21. The Labute approximate surface area is 191 Å². The fraction of sp³-hybridized carbons (Fsp3) is 0.154. The quantitative estimate of drug-likeness (QED) is 0.299. The lowest BCUT2D eigenvalue weighted by Crippen LogP contribution is -2.43. The molecular formula is C26H21ClO5. The third kappa shape index (κ3) is 3.26. The van der Waals surface area contributed by atoms with E-state index in [-0.39, 0.29) is 5.57 Å². The van der Waals surface area contributed by atoms with Crippen molar-refractivity contribution in [3.63, 3.8) is 0 Å². The molecule has 0 spiro atoms. The van der Waals surface area contributed by atoms with E-state index in [1.165, 1.54) is 14.2 Å². The maximum absolute atomic E-state index is 13.8. The molecule has 0 saturated heterocycles. The Morgan fingerprint density at radius 2 is 1.69 bits per heavy atom. The van der Waals surface area contributed by atoms with Gasteiger partial charge >= 0.3 is 11.9 Å². The zero-order valence-corrected chi connectivity index (χ0v) is 18.4. The van der Waals surface area contributed by atoms with Gasteiger partial charge in [-0.2, -0.15) is 0 Å². The predicted octanol–water partition coefficient (Wildman–Crippen LogP) is 5.07. The van der Waals surface area contributed by atoms with E-state index in [4.69, 9.17) is 25.8 Å². The summed E-state index contributed by atoms with van der Waals surface area (Å²) in [5, 5.41) is 0.529. The van der Waals surface area contributed by atoms with Gasteiger partial charge in [-0.05, 0) is 29.3 Å². The first-order chi connectivity index (χ1) is 15.4. The second-order valence-electron chi connectivity index (χ2n) is 7.40. The maximum atomic E-state index is 13.8. The minimum Gasteiger partial charge on any atom is -0.493 e. The van der Waals surface area contributed by atoms with Gasteiger partial charge in [0, 0.05) is 22.1 Å². The van der Waals surface area contributed by atoms with Crippen molar-refractivity contribution in [2.45, 2.75) is 11.3 Å². The standard InChI is InChI=1S/C26H21ClO5/c1-16(24(28)31-3)22(17-12-14-19(27)15-13-17)26(18-8-5-4-6-9-18)20-10-7-11-21(30-2)23(20)32-25(26)29/h4-15,22H,1H2,2-3H3/t22-,26-/m0/s1. The molecule has 0 amide bonds. The monoisotopic (exact) mass is 448 g/mol. The highest BCUT2D eigenvalue weighted by molar-refractivity contribution is 6.30. The average Bonchev–Trinajstić information content (AvgIpc) is 3.13. The third-order valence-electron chi connectivity index (χ3n) is 5.80. The molecule has 0 bridgehead atoms. The van der Waals surface area contributed by atoms with E-state index in [1.54, 1.807) is 36.4 Å². The van der Waals surface area contributed by atoms with Gasteiger partial charge in [0.25, 0.3) is 0 Å². The average molecular weight is 449 g/mol. The molecule has 0 aliphatic carbocycles. The lowest BCUT2D eigenvalue weighted by atomic mass is 9.62. The lowest BCUT2D eigenvalue weighted by Gasteiger charge is -2.36. The maximum Gasteiger partial charge on any atom is 0.333 e. The first kappa shape index (κ1) is 21.7. The molecule has 0 aromatic heterocycles. The molecule has 32 heavy (non-hydrogen) atoms. The summed E-state index contributed by atoms with van der Waals surface area (Å²) in [5.74, 6) is -1.24. The highest BCUT2D eigenvalue weighted by Gasteiger charge is 2.58. The van der Waals surface area contributed by atoms with Crippen LogP contribution in [0.5, 0.6) is 11.5 Å². The largest absolute Gasteiger partial charge is 0.493 e. The van der Waals surface area contributed by atoms with Gasteiger partial charge in [-0.3, -0.25) is 4.79 Å². The van der Waals surface area contributed by atoms with Crippen LogP contribution >= 0.6 is 11.6 Å². The molecule has 0 N–H and O–H groups in total. The molecule has 0 fully saturated rings. The number of hydrogen-bond acceptors (Lipinski definition) is 5. The van der Waals surface area contributed by atoms with E-state index in [0.717, 1.165) is 0 Å². The van der Waals surface area contributed by atoms with E-state index in [0.29, 0.717) is 33.2 Å². The lowest BCUT2D eigenvalue weighted by molar-refractivity contribution is -0.138. The molecule has 4 rings (SSSR count). The van der Waals surface area contributed by atoms with Crippen LogP contribution in [0.15, 0.2) is 84.9 Å². The summed E-state index contributed by atoms with van der Waals surface area (Å²) in [7, 11) is 2.79. The van der Waals surface area contributed by atoms with Gasteiger partial charge < -0.3 is 14.2 Å². The number of methoxy groups -OCH3 is 2. The zero-order chi connectivity index (χ0) is 22.9. The first-order valence-corrected chi connectivity index (χ1v) is 10.3. The number of hydrogen-bond donors (Lipinski definition) is 0. The van der Waals surface area contributed by atoms with Crippen molar-refractivity contribution in [1.82, 2.24) is 0 Å². The molecule has 1 aliphatic heterocycles. The van der Waals surface area contributed by atoms with Gasteiger partial charge in [0.2, 0.25) is 0 Å². The van der Waals surface area contributed by atoms with Gasteiger partial charge in [0.15, 0.2) is 11.5 Å². The number of ether oxygens (including phenoxy) is 3. The summed E-state index contributed by atoms with van der Waals surface area (Å²) >= 11 is 6.12. The minimum absolute atomic E-state index is 0.117. The number of halogens is 1. The molecule has 1 aliphatic rings. The van der Waals surface area contributed by atoms with Crippen molar-refractivity contribution in [3.8, 4) is 11.5 Å². The van der Waals surface area contributed by atoms with Crippen LogP contribution in [0.25, 0.3) is 0 Å². The fourth-order valence-corrected chi connectivity index (χ4v) is 4.53. The van der Waals surface area contributed by atoms with Gasteiger partial charge in [-0.25, -0.2) is 4.79 Å². The van der Waals surface area contributed by atoms with Gasteiger partial charge in [-0.1, -0.05) is 72.8 Å². The van der Waals surface area contributed by atoms with Crippen molar-refractivity contribution < 1.29 is 23.8 Å². The number of carbonyl (C=O) groups excluding carboxylic acids is 2. The molecule has 0 saturated carbocycles. The number of para-hydroxylation sites is 1. The number of fused-ring (bicyclic) bond motifs is 1. The van der Waals surface area contributed by atoms with Crippen LogP contribution in [0, 0.1) is 0 Å². The second-order valence-corrected chi connectivity index (χ2v) is 7.84. The van der Waals surface area contributed by atoms with Crippen molar-refractivity contribution in [2.75, 3.05) is 14.2 Å².